The first-order chi connectivity index (χ1) is 8.33. The van der Waals surface area contributed by atoms with Gasteiger partial charge in [0.05, 0.1) is 0 Å². The van der Waals surface area contributed by atoms with Crippen LogP contribution in [0.5, 0.6) is 0 Å². The molecule has 1 heterocycles. The molecule has 3 nitrogen and oxygen atoms in total. The molecule has 18 heavy (non-hydrogen) atoms. The first kappa shape index (κ1) is 14.8. The van der Waals surface area contributed by atoms with Crippen LogP contribution >= 0.6 is 0 Å². The Morgan fingerprint density at radius 1 is 1.39 bits per heavy atom. The van der Waals surface area contributed by atoms with Crippen molar-refractivity contribution in [1.82, 2.24) is 10.3 Å². The Morgan fingerprint density at radius 2 is 2.06 bits per heavy atom. The number of alkyl halides is 3. The number of hydrogen-bond acceptors (Lipinski definition) is 3. The summed E-state index contributed by atoms with van der Waals surface area (Å²) in [5, 5.41) is 3.22. The Kier molecular flexibility index (Phi) is 4.95. The number of anilines is 1. The fourth-order valence-electron chi connectivity index (χ4n) is 1.65. The fraction of sp³-hybridized carbons (Fsp3) is 0.583. The van der Waals surface area contributed by atoms with Crippen molar-refractivity contribution in [1.29, 1.82) is 0 Å². The van der Waals surface area contributed by atoms with Gasteiger partial charge >= 0.3 is 6.18 Å². The average Bonchev–Trinajstić information content (AvgIpc) is 2.27. The molecular weight excluding hydrogens is 243 g/mol. The van der Waals surface area contributed by atoms with Crippen LogP contribution < -0.4 is 10.2 Å². The molecule has 0 aliphatic heterocycles. The minimum absolute atomic E-state index is 0.143. The summed E-state index contributed by atoms with van der Waals surface area (Å²) in [4.78, 5) is 5.14. The molecule has 0 spiro atoms. The Bertz CT molecular complexity index is 362. The predicted molar refractivity (Wildman–Crippen MR) is 65.7 cm³/mol. The van der Waals surface area contributed by atoms with Crippen molar-refractivity contribution in [3.63, 3.8) is 0 Å². The van der Waals surface area contributed by atoms with Crippen LogP contribution in [0, 0.1) is 0 Å². The van der Waals surface area contributed by atoms with Gasteiger partial charge in [0, 0.05) is 19.3 Å². The van der Waals surface area contributed by atoms with E-state index in [1.165, 1.54) is 7.05 Å². The van der Waals surface area contributed by atoms with E-state index in [-0.39, 0.29) is 6.04 Å². The first-order valence-corrected chi connectivity index (χ1v) is 5.80. The lowest BCUT2D eigenvalue weighted by atomic mass is 10.1. The normalized spacial score (nSPS) is 13.4. The molecule has 0 bridgehead atoms. The molecule has 0 amide bonds. The van der Waals surface area contributed by atoms with E-state index in [9.17, 15) is 13.2 Å². The maximum atomic E-state index is 12.2. The Balaban J connectivity index is 2.70. The second kappa shape index (κ2) is 6.04. The van der Waals surface area contributed by atoms with Crippen molar-refractivity contribution in [2.75, 3.05) is 25.0 Å². The summed E-state index contributed by atoms with van der Waals surface area (Å²) in [7, 11) is 1.38. The zero-order chi connectivity index (χ0) is 13.8. The van der Waals surface area contributed by atoms with Gasteiger partial charge in [-0.2, -0.15) is 13.2 Å². The van der Waals surface area contributed by atoms with Crippen molar-refractivity contribution in [2.45, 2.75) is 26.1 Å². The molecule has 0 radical (unpaired) electrons. The number of halogens is 3. The molecule has 0 fully saturated rings. The third-order valence-electron chi connectivity index (χ3n) is 2.59. The van der Waals surface area contributed by atoms with E-state index in [1.807, 2.05) is 13.8 Å². The zero-order valence-electron chi connectivity index (χ0n) is 10.8. The molecule has 6 heteroatoms. The molecule has 0 saturated heterocycles. The highest BCUT2D eigenvalue weighted by Gasteiger charge is 2.29. The summed E-state index contributed by atoms with van der Waals surface area (Å²) in [5.74, 6) is 0.319. The van der Waals surface area contributed by atoms with Gasteiger partial charge in [-0.3, -0.25) is 0 Å². The van der Waals surface area contributed by atoms with E-state index < -0.39 is 12.7 Å². The van der Waals surface area contributed by atoms with Gasteiger partial charge in [-0.15, -0.1) is 0 Å². The molecule has 0 aromatic carbocycles. The van der Waals surface area contributed by atoms with Crippen LogP contribution in [-0.4, -0.2) is 31.3 Å². The largest absolute Gasteiger partial charge is 0.405 e. The SMILES string of the molecule is CCNC(C)c1ccc(N(C)CC(F)(F)F)nc1. The molecule has 0 saturated carbocycles. The van der Waals surface area contributed by atoms with E-state index in [4.69, 9.17) is 0 Å². The summed E-state index contributed by atoms with van der Waals surface area (Å²) in [5.41, 5.74) is 0.959. The van der Waals surface area contributed by atoms with Crippen LogP contribution in [0.25, 0.3) is 0 Å². The van der Waals surface area contributed by atoms with Crippen molar-refractivity contribution in [3.8, 4) is 0 Å². The lowest BCUT2D eigenvalue weighted by Crippen LogP contribution is -2.31. The highest BCUT2D eigenvalue weighted by atomic mass is 19.4. The second-order valence-corrected chi connectivity index (χ2v) is 4.20. The Hall–Kier alpha value is -1.30. The number of pyridine rings is 1. The molecular formula is C12H18F3N3. The summed E-state index contributed by atoms with van der Waals surface area (Å²) in [6.07, 6.45) is -2.61. The predicted octanol–water partition coefficient (Wildman–Crippen LogP) is 2.75. The van der Waals surface area contributed by atoms with Gasteiger partial charge < -0.3 is 10.2 Å². The van der Waals surface area contributed by atoms with Crippen LogP contribution in [0.4, 0.5) is 19.0 Å². The van der Waals surface area contributed by atoms with E-state index >= 15 is 0 Å². The standard InChI is InChI=1S/C12H18F3N3/c1-4-16-9(2)10-5-6-11(17-7-10)18(3)8-12(13,14)15/h5-7,9,16H,4,8H2,1-3H3. The zero-order valence-corrected chi connectivity index (χ0v) is 10.8. The third-order valence-corrected chi connectivity index (χ3v) is 2.59. The Morgan fingerprint density at radius 3 is 2.50 bits per heavy atom. The molecule has 1 unspecified atom stereocenters. The minimum Gasteiger partial charge on any atom is -0.351 e. The molecule has 1 aromatic heterocycles. The van der Waals surface area contributed by atoms with E-state index in [0.717, 1.165) is 17.0 Å². The monoisotopic (exact) mass is 261 g/mol. The van der Waals surface area contributed by atoms with E-state index in [1.54, 1.807) is 18.3 Å². The average molecular weight is 261 g/mol. The number of hydrogen-bond donors (Lipinski definition) is 1. The number of nitrogens with one attached hydrogen (secondary N) is 1. The van der Waals surface area contributed by atoms with Crippen LogP contribution in [-0.2, 0) is 0 Å². The van der Waals surface area contributed by atoms with Crippen molar-refractivity contribution >= 4 is 5.82 Å². The van der Waals surface area contributed by atoms with E-state index in [0.29, 0.717) is 5.82 Å². The maximum absolute atomic E-state index is 12.2. The molecule has 0 aliphatic rings. The summed E-state index contributed by atoms with van der Waals surface area (Å²) in [6.45, 7) is 3.81. The van der Waals surface area contributed by atoms with Gasteiger partial charge in [0.15, 0.2) is 0 Å². The Labute approximate surface area is 105 Å². The summed E-state index contributed by atoms with van der Waals surface area (Å²) in [6, 6.07) is 3.54. The quantitative estimate of drug-likeness (QED) is 0.883. The minimum atomic E-state index is -4.22. The van der Waals surface area contributed by atoms with Crippen molar-refractivity contribution < 1.29 is 13.2 Å². The highest BCUT2D eigenvalue weighted by Crippen LogP contribution is 2.20. The highest BCUT2D eigenvalue weighted by molar-refractivity contribution is 5.39. The second-order valence-electron chi connectivity index (χ2n) is 4.20. The van der Waals surface area contributed by atoms with Gasteiger partial charge in [-0.1, -0.05) is 13.0 Å². The lowest BCUT2D eigenvalue weighted by molar-refractivity contribution is -0.119. The van der Waals surface area contributed by atoms with Crippen LogP contribution in [0.15, 0.2) is 18.3 Å². The summed E-state index contributed by atoms with van der Waals surface area (Å²) >= 11 is 0. The molecule has 0 aliphatic carbocycles. The maximum Gasteiger partial charge on any atom is 0.405 e. The molecule has 1 atom stereocenters. The fourth-order valence-corrected chi connectivity index (χ4v) is 1.65. The molecule has 1 rings (SSSR count). The number of nitrogens with zero attached hydrogens (tertiary/aromatic N) is 2. The lowest BCUT2D eigenvalue weighted by Gasteiger charge is -2.20. The van der Waals surface area contributed by atoms with Crippen molar-refractivity contribution in [2.24, 2.45) is 0 Å². The van der Waals surface area contributed by atoms with E-state index in [2.05, 4.69) is 10.3 Å². The van der Waals surface area contributed by atoms with Crippen LogP contribution in [0.2, 0.25) is 0 Å². The van der Waals surface area contributed by atoms with Crippen LogP contribution in [0.3, 0.4) is 0 Å². The number of rotatable bonds is 5. The van der Waals surface area contributed by atoms with Crippen molar-refractivity contribution in [3.05, 3.63) is 23.9 Å². The van der Waals surface area contributed by atoms with Crippen LogP contribution in [0.1, 0.15) is 25.5 Å². The smallest absolute Gasteiger partial charge is 0.351 e. The van der Waals surface area contributed by atoms with Gasteiger partial charge in [-0.25, -0.2) is 4.98 Å². The van der Waals surface area contributed by atoms with Gasteiger partial charge in [-0.05, 0) is 25.1 Å². The third kappa shape index (κ3) is 4.52. The first-order valence-electron chi connectivity index (χ1n) is 5.80. The van der Waals surface area contributed by atoms with Gasteiger partial charge in [0.25, 0.3) is 0 Å². The molecule has 102 valence electrons. The number of aromatic nitrogens is 1. The summed E-state index contributed by atoms with van der Waals surface area (Å²) < 4.78 is 36.7. The molecule has 1 aromatic rings. The molecule has 1 N–H and O–H groups in total. The van der Waals surface area contributed by atoms with Gasteiger partial charge in [0.1, 0.15) is 12.4 Å². The topological polar surface area (TPSA) is 28.2 Å². The van der Waals surface area contributed by atoms with Gasteiger partial charge in [0.2, 0.25) is 0 Å².